The van der Waals surface area contributed by atoms with Crippen LogP contribution in [0.4, 0.5) is 0 Å². The van der Waals surface area contributed by atoms with Gasteiger partial charge in [-0.2, -0.15) is 0 Å². The van der Waals surface area contributed by atoms with Gasteiger partial charge in [-0.25, -0.2) is 4.79 Å². The Bertz CT molecular complexity index is 1080. The molecule has 0 amide bonds. The lowest BCUT2D eigenvalue weighted by Crippen LogP contribution is -2.26. The molecule has 4 nitrogen and oxygen atoms in total. The van der Waals surface area contributed by atoms with Crippen LogP contribution in [0.3, 0.4) is 0 Å². The van der Waals surface area contributed by atoms with Crippen LogP contribution in [-0.4, -0.2) is 22.8 Å². The molecular formula is C23H20ClNO3. The van der Waals surface area contributed by atoms with E-state index in [0.29, 0.717) is 16.1 Å². The van der Waals surface area contributed by atoms with Crippen LogP contribution in [0.15, 0.2) is 48.5 Å². The van der Waals surface area contributed by atoms with Gasteiger partial charge in [0.05, 0.1) is 11.1 Å². The largest absolute Gasteiger partial charge is 0.451 e. The number of Topliss-reactive ketones (excluding diaryl/α,β-unsaturated/α-hetero) is 1. The first-order chi connectivity index (χ1) is 13.5. The van der Waals surface area contributed by atoms with Gasteiger partial charge in [0.25, 0.3) is 0 Å². The molecule has 3 aromatic rings. The number of ether oxygens (including phenoxy) is 1. The fourth-order valence-corrected chi connectivity index (χ4v) is 3.95. The van der Waals surface area contributed by atoms with E-state index in [-0.39, 0.29) is 5.78 Å². The van der Waals surface area contributed by atoms with E-state index in [9.17, 15) is 9.59 Å². The number of benzene rings is 2. The lowest BCUT2D eigenvalue weighted by molar-refractivity contribution is 0.0319. The van der Waals surface area contributed by atoms with Crippen LogP contribution in [0.2, 0.25) is 5.02 Å². The fraction of sp³-hybridized carbons (Fsp3) is 0.261. The van der Waals surface area contributed by atoms with Crippen LogP contribution in [-0.2, 0) is 17.6 Å². The summed E-state index contributed by atoms with van der Waals surface area (Å²) in [6.07, 6.45) is 2.84. The number of aromatic nitrogens is 1. The van der Waals surface area contributed by atoms with Crippen molar-refractivity contribution in [2.24, 2.45) is 0 Å². The van der Waals surface area contributed by atoms with Crippen molar-refractivity contribution in [2.75, 3.05) is 0 Å². The average Bonchev–Trinajstić information content (AvgIpc) is 2.71. The first-order valence-corrected chi connectivity index (χ1v) is 9.83. The smallest absolute Gasteiger partial charge is 0.339 e. The summed E-state index contributed by atoms with van der Waals surface area (Å²) in [7, 11) is 0. The van der Waals surface area contributed by atoms with E-state index in [1.807, 2.05) is 24.3 Å². The summed E-state index contributed by atoms with van der Waals surface area (Å²) in [5.74, 6) is -0.747. The number of carbonyl (C=O) groups is 2. The molecule has 1 heterocycles. The number of fused-ring (bicyclic) bond motifs is 2. The van der Waals surface area contributed by atoms with E-state index < -0.39 is 12.1 Å². The highest BCUT2D eigenvalue weighted by Gasteiger charge is 2.27. The van der Waals surface area contributed by atoms with Crippen LogP contribution in [0, 0.1) is 0 Å². The summed E-state index contributed by atoms with van der Waals surface area (Å²) >= 11 is 5.97. The number of halogens is 1. The van der Waals surface area contributed by atoms with Crippen molar-refractivity contribution < 1.29 is 14.3 Å². The van der Waals surface area contributed by atoms with Crippen molar-refractivity contribution in [2.45, 2.75) is 38.7 Å². The number of pyridine rings is 1. The summed E-state index contributed by atoms with van der Waals surface area (Å²) < 4.78 is 5.61. The maximum absolute atomic E-state index is 13.1. The monoisotopic (exact) mass is 393 g/mol. The van der Waals surface area contributed by atoms with Gasteiger partial charge >= 0.3 is 5.97 Å². The minimum absolute atomic E-state index is 0.275. The number of nitrogens with zero attached hydrogens (tertiary/aromatic N) is 1. The maximum atomic E-state index is 13.1. The first-order valence-electron chi connectivity index (χ1n) is 9.46. The van der Waals surface area contributed by atoms with Gasteiger partial charge in [-0.3, -0.25) is 9.78 Å². The Hall–Kier alpha value is -2.72. The second-order valence-electron chi connectivity index (χ2n) is 7.06. The van der Waals surface area contributed by atoms with Gasteiger partial charge in [0.2, 0.25) is 5.78 Å². The third kappa shape index (κ3) is 3.52. The highest BCUT2D eigenvalue weighted by atomic mass is 35.5. The van der Waals surface area contributed by atoms with Crippen molar-refractivity contribution in [3.05, 3.63) is 75.9 Å². The van der Waals surface area contributed by atoms with Crippen LogP contribution in [0.25, 0.3) is 10.9 Å². The van der Waals surface area contributed by atoms with E-state index in [0.717, 1.165) is 47.8 Å². The molecule has 0 aliphatic heterocycles. The number of hydrogen-bond acceptors (Lipinski definition) is 4. The molecule has 0 saturated carbocycles. The Morgan fingerprint density at radius 3 is 2.68 bits per heavy atom. The van der Waals surface area contributed by atoms with E-state index >= 15 is 0 Å². The molecule has 0 saturated heterocycles. The summed E-state index contributed by atoms with van der Waals surface area (Å²) in [4.78, 5) is 30.5. The molecule has 1 atom stereocenters. The van der Waals surface area contributed by atoms with Crippen LogP contribution in [0.5, 0.6) is 0 Å². The Morgan fingerprint density at radius 2 is 1.86 bits per heavy atom. The number of ketones is 1. The molecule has 0 fully saturated rings. The molecule has 1 aromatic heterocycles. The molecule has 28 heavy (non-hydrogen) atoms. The van der Waals surface area contributed by atoms with E-state index in [4.69, 9.17) is 21.3 Å². The normalized spacial score (nSPS) is 14.4. The lowest BCUT2D eigenvalue weighted by Gasteiger charge is -2.21. The summed E-state index contributed by atoms with van der Waals surface area (Å²) in [5.41, 5.74) is 3.67. The van der Waals surface area contributed by atoms with Crippen LogP contribution in [0.1, 0.15) is 51.7 Å². The number of hydrogen-bond donors (Lipinski definition) is 0. The fourth-order valence-electron chi connectivity index (χ4n) is 3.76. The van der Waals surface area contributed by atoms with Crippen molar-refractivity contribution in [3.8, 4) is 0 Å². The van der Waals surface area contributed by atoms with Crippen molar-refractivity contribution in [3.63, 3.8) is 0 Å². The molecule has 142 valence electrons. The molecule has 5 heteroatoms. The summed E-state index contributed by atoms with van der Waals surface area (Å²) in [5, 5.41) is 1.24. The predicted molar refractivity (Wildman–Crippen MR) is 109 cm³/mol. The highest BCUT2D eigenvalue weighted by molar-refractivity contribution is 6.31. The van der Waals surface area contributed by atoms with Gasteiger partial charge in [-0.15, -0.1) is 0 Å². The zero-order valence-electron chi connectivity index (χ0n) is 15.6. The van der Waals surface area contributed by atoms with Crippen LogP contribution < -0.4 is 0 Å². The molecule has 0 radical (unpaired) electrons. The Morgan fingerprint density at radius 1 is 1.07 bits per heavy atom. The minimum Gasteiger partial charge on any atom is -0.451 e. The van der Waals surface area contributed by atoms with Crippen molar-refractivity contribution in [1.29, 1.82) is 0 Å². The molecule has 0 N–H and O–H groups in total. The van der Waals surface area contributed by atoms with Gasteiger partial charge in [-0.1, -0.05) is 41.9 Å². The van der Waals surface area contributed by atoms with E-state index in [2.05, 4.69) is 0 Å². The third-order valence-corrected chi connectivity index (χ3v) is 5.37. The average molecular weight is 394 g/mol. The second kappa shape index (κ2) is 7.72. The summed E-state index contributed by atoms with van der Waals surface area (Å²) in [6, 6.07) is 14.2. The molecule has 1 aliphatic rings. The molecule has 0 bridgehead atoms. The number of para-hydroxylation sites is 1. The Balaban J connectivity index is 1.68. The number of carbonyl (C=O) groups excluding carboxylic acids is 2. The highest BCUT2D eigenvalue weighted by Crippen LogP contribution is 2.30. The lowest BCUT2D eigenvalue weighted by atomic mass is 9.90. The molecule has 1 unspecified atom stereocenters. The molecule has 1 aliphatic carbocycles. The Kier molecular flexibility index (Phi) is 5.14. The van der Waals surface area contributed by atoms with Gasteiger partial charge < -0.3 is 4.74 Å². The molecule has 2 aromatic carbocycles. The molecular weight excluding hydrogens is 374 g/mol. The topological polar surface area (TPSA) is 56.3 Å². The zero-order chi connectivity index (χ0) is 19.7. The van der Waals surface area contributed by atoms with Gasteiger partial charge in [0.1, 0.15) is 0 Å². The predicted octanol–water partition coefficient (Wildman–Crippen LogP) is 5.20. The molecule has 0 spiro atoms. The minimum atomic E-state index is -0.905. The first kappa shape index (κ1) is 18.6. The Labute approximate surface area is 168 Å². The van der Waals surface area contributed by atoms with Gasteiger partial charge in [-0.05, 0) is 56.4 Å². The third-order valence-electron chi connectivity index (χ3n) is 5.14. The molecule has 4 rings (SSSR count). The maximum Gasteiger partial charge on any atom is 0.339 e. The number of aryl methyl sites for hydroxylation is 1. The standard InChI is InChI=1S/C23H20ClNO3/c1-14(22(26)15-7-6-8-16(24)13-15)28-23(27)21-17-9-2-4-11-19(17)25-20-12-5-3-10-18(20)21/h2,4,6-9,11,13-14H,3,5,10,12H2,1H3. The van der Waals surface area contributed by atoms with Gasteiger partial charge in [0, 0.05) is 21.7 Å². The number of rotatable bonds is 4. The van der Waals surface area contributed by atoms with Crippen molar-refractivity contribution >= 4 is 34.3 Å². The quantitative estimate of drug-likeness (QED) is 0.452. The van der Waals surface area contributed by atoms with E-state index in [1.54, 1.807) is 31.2 Å². The summed E-state index contributed by atoms with van der Waals surface area (Å²) in [6.45, 7) is 1.59. The number of esters is 1. The van der Waals surface area contributed by atoms with Crippen molar-refractivity contribution in [1.82, 2.24) is 4.98 Å². The van der Waals surface area contributed by atoms with E-state index in [1.165, 1.54) is 0 Å². The second-order valence-corrected chi connectivity index (χ2v) is 7.49. The SMILES string of the molecule is CC(OC(=O)c1c2c(nc3ccccc13)CCCC2)C(=O)c1cccc(Cl)c1. The van der Waals surface area contributed by atoms with Gasteiger partial charge in [0.15, 0.2) is 6.10 Å². The zero-order valence-corrected chi connectivity index (χ0v) is 16.3. The van der Waals surface area contributed by atoms with Crippen LogP contribution >= 0.6 is 11.6 Å².